The smallest absolute Gasteiger partial charge is 0.227 e. The lowest BCUT2D eigenvalue weighted by Gasteiger charge is -2.34. The van der Waals surface area contributed by atoms with E-state index in [9.17, 15) is 4.39 Å². The van der Waals surface area contributed by atoms with Crippen LogP contribution in [-0.4, -0.2) is 48.1 Å². The minimum absolute atomic E-state index is 0.298. The van der Waals surface area contributed by atoms with Crippen LogP contribution in [0, 0.1) is 5.82 Å². The fourth-order valence-electron chi connectivity index (χ4n) is 3.02. The van der Waals surface area contributed by atoms with Gasteiger partial charge in [0, 0.05) is 43.4 Å². The Bertz CT molecular complexity index is 890. The van der Waals surface area contributed by atoms with Crippen LogP contribution in [0.5, 0.6) is 0 Å². The summed E-state index contributed by atoms with van der Waals surface area (Å²) in [5.74, 6) is 0.0955. The van der Waals surface area contributed by atoms with E-state index in [1.807, 2.05) is 30.3 Å². The highest BCUT2D eigenvalue weighted by Gasteiger charge is 2.16. The molecule has 0 spiro atoms. The molecule has 2 aromatic carbocycles. The van der Waals surface area contributed by atoms with Crippen molar-refractivity contribution in [1.82, 2.24) is 14.9 Å². The second-order valence-corrected chi connectivity index (χ2v) is 6.33. The molecule has 1 N–H and O–H groups in total. The number of nitrogens with zero attached hydrogens (tertiary/aromatic N) is 4. The van der Waals surface area contributed by atoms with Gasteiger partial charge in [-0.05, 0) is 31.3 Å². The highest BCUT2D eigenvalue weighted by Crippen LogP contribution is 2.25. The van der Waals surface area contributed by atoms with Gasteiger partial charge in [-0.1, -0.05) is 18.2 Å². The van der Waals surface area contributed by atoms with Crippen LogP contribution in [0.4, 0.5) is 21.7 Å². The zero-order valence-electron chi connectivity index (χ0n) is 14.1. The first-order chi connectivity index (χ1) is 12.2. The summed E-state index contributed by atoms with van der Waals surface area (Å²) in [7, 11) is 2.11. The fourth-order valence-corrected chi connectivity index (χ4v) is 3.02. The molecule has 1 aliphatic rings. The molecular formula is C19H20FN5. The summed E-state index contributed by atoms with van der Waals surface area (Å²) in [4.78, 5) is 13.2. The Morgan fingerprint density at radius 1 is 1.04 bits per heavy atom. The van der Waals surface area contributed by atoms with Crippen molar-refractivity contribution >= 4 is 28.2 Å². The fraction of sp³-hybridized carbons (Fsp3) is 0.263. The van der Waals surface area contributed by atoms with Crippen LogP contribution in [0.15, 0.2) is 48.7 Å². The van der Waals surface area contributed by atoms with Crippen molar-refractivity contribution in [3.63, 3.8) is 0 Å². The van der Waals surface area contributed by atoms with E-state index < -0.39 is 0 Å². The third kappa shape index (κ3) is 3.39. The Hall–Kier alpha value is -2.73. The molecule has 4 rings (SSSR count). The van der Waals surface area contributed by atoms with Crippen LogP contribution < -0.4 is 10.2 Å². The summed E-state index contributed by atoms with van der Waals surface area (Å²) in [5.41, 5.74) is 2.12. The quantitative estimate of drug-likeness (QED) is 0.795. The molecule has 0 radical (unpaired) electrons. The van der Waals surface area contributed by atoms with E-state index in [1.54, 1.807) is 18.3 Å². The number of halogens is 1. The Morgan fingerprint density at radius 2 is 1.84 bits per heavy atom. The van der Waals surface area contributed by atoms with Gasteiger partial charge >= 0.3 is 0 Å². The molecular weight excluding hydrogens is 317 g/mol. The highest BCUT2D eigenvalue weighted by atomic mass is 19.1. The monoisotopic (exact) mass is 337 g/mol. The van der Waals surface area contributed by atoms with E-state index in [4.69, 9.17) is 0 Å². The van der Waals surface area contributed by atoms with Gasteiger partial charge in [0.05, 0.1) is 11.2 Å². The number of piperazine rings is 1. The first kappa shape index (κ1) is 15.8. The topological polar surface area (TPSA) is 44.3 Å². The van der Waals surface area contributed by atoms with Crippen LogP contribution in [-0.2, 0) is 0 Å². The number of hydrogen-bond donors (Lipinski definition) is 1. The van der Waals surface area contributed by atoms with Crippen molar-refractivity contribution in [2.75, 3.05) is 43.4 Å². The summed E-state index contributed by atoms with van der Waals surface area (Å²) >= 11 is 0. The number of rotatable bonds is 3. The SMILES string of the molecule is CN1CCN(c2ccc(Nc3ncc4ccccc4n3)c(F)c2)CC1. The third-order valence-corrected chi connectivity index (χ3v) is 4.56. The molecule has 25 heavy (non-hydrogen) atoms. The molecule has 3 aromatic rings. The van der Waals surface area contributed by atoms with Crippen LogP contribution >= 0.6 is 0 Å². The maximum Gasteiger partial charge on any atom is 0.227 e. The molecule has 0 aliphatic carbocycles. The maximum absolute atomic E-state index is 14.5. The predicted molar refractivity (Wildman–Crippen MR) is 98.9 cm³/mol. The normalized spacial score (nSPS) is 15.5. The van der Waals surface area contributed by atoms with E-state index in [2.05, 4.69) is 32.1 Å². The van der Waals surface area contributed by atoms with Gasteiger partial charge in [0.2, 0.25) is 5.95 Å². The molecule has 0 saturated carbocycles. The van der Waals surface area contributed by atoms with Crippen LogP contribution in [0.25, 0.3) is 10.9 Å². The number of aromatic nitrogens is 2. The van der Waals surface area contributed by atoms with Crippen LogP contribution in [0.1, 0.15) is 0 Å². The van der Waals surface area contributed by atoms with Gasteiger partial charge in [0.1, 0.15) is 5.82 Å². The van der Waals surface area contributed by atoms with Crippen LogP contribution in [0.3, 0.4) is 0 Å². The van der Waals surface area contributed by atoms with E-state index in [0.29, 0.717) is 11.6 Å². The molecule has 0 atom stereocenters. The minimum Gasteiger partial charge on any atom is -0.369 e. The van der Waals surface area contributed by atoms with Crippen molar-refractivity contribution in [3.05, 3.63) is 54.5 Å². The van der Waals surface area contributed by atoms with Gasteiger partial charge in [-0.15, -0.1) is 0 Å². The zero-order chi connectivity index (χ0) is 17.2. The molecule has 0 bridgehead atoms. The Morgan fingerprint density at radius 3 is 2.64 bits per heavy atom. The predicted octanol–water partition coefficient (Wildman–Crippen LogP) is 3.26. The number of anilines is 3. The van der Waals surface area contributed by atoms with E-state index >= 15 is 0 Å². The van der Waals surface area contributed by atoms with E-state index in [0.717, 1.165) is 42.8 Å². The van der Waals surface area contributed by atoms with Crippen molar-refractivity contribution < 1.29 is 4.39 Å². The number of fused-ring (bicyclic) bond motifs is 1. The summed E-state index contributed by atoms with van der Waals surface area (Å²) in [6.45, 7) is 3.81. The van der Waals surface area contributed by atoms with Gasteiger partial charge in [0.25, 0.3) is 0 Å². The molecule has 128 valence electrons. The van der Waals surface area contributed by atoms with Crippen LogP contribution in [0.2, 0.25) is 0 Å². The molecule has 1 aromatic heterocycles. The lowest BCUT2D eigenvalue weighted by atomic mass is 10.2. The van der Waals surface area contributed by atoms with Crippen molar-refractivity contribution in [3.8, 4) is 0 Å². The molecule has 2 heterocycles. The molecule has 5 nitrogen and oxygen atoms in total. The van der Waals surface area contributed by atoms with E-state index in [-0.39, 0.29) is 5.82 Å². The molecule has 6 heteroatoms. The summed E-state index contributed by atoms with van der Waals surface area (Å²) < 4.78 is 14.5. The molecule has 1 saturated heterocycles. The maximum atomic E-state index is 14.5. The molecule has 0 amide bonds. The number of para-hydroxylation sites is 1. The first-order valence-electron chi connectivity index (χ1n) is 8.41. The number of hydrogen-bond acceptors (Lipinski definition) is 5. The third-order valence-electron chi connectivity index (χ3n) is 4.56. The number of nitrogens with one attached hydrogen (secondary N) is 1. The molecule has 1 aliphatic heterocycles. The van der Waals surface area contributed by atoms with Gasteiger partial charge < -0.3 is 15.1 Å². The summed E-state index contributed by atoms with van der Waals surface area (Å²) in [5, 5.41) is 3.93. The van der Waals surface area contributed by atoms with Gasteiger partial charge in [0.15, 0.2) is 0 Å². The van der Waals surface area contributed by atoms with Crippen molar-refractivity contribution in [2.24, 2.45) is 0 Å². The van der Waals surface area contributed by atoms with E-state index in [1.165, 1.54) is 0 Å². The van der Waals surface area contributed by atoms with Gasteiger partial charge in [-0.25, -0.2) is 14.4 Å². The average Bonchev–Trinajstić information content (AvgIpc) is 2.64. The standard InChI is InChI=1S/C19H20FN5/c1-24-8-10-25(11-9-24)15-6-7-18(16(20)12-15)23-19-21-13-14-4-2-3-5-17(14)22-19/h2-7,12-13H,8-11H2,1H3,(H,21,22,23). The first-order valence-corrected chi connectivity index (χ1v) is 8.41. The summed E-state index contributed by atoms with van der Waals surface area (Å²) in [6, 6.07) is 13.0. The Balaban J connectivity index is 1.54. The number of benzene rings is 2. The van der Waals surface area contributed by atoms with Gasteiger partial charge in [-0.2, -0.15) is 0 Å². The second kappa shape index (κ2) is 6.64. The lowest BCUT2D eigenvalue weighted by Crippen LogP contribution is -2.44. The Labute approximate surface area is 146 Å². The average molecular weight is 337 g/mol. The molecule has 0 unspecified atom stereocenters. The summed E-state index contributed by atoms with van der Waals surface area (Å²) in [6.07, 6.45) is 1.74. The second-order valence-electron chi connectivity index (χ2n) is 6.33. The largest absolute Gasteiger partial charge is 0.369 e. The zero-order valence-corrected chi connectivity index (χ0v) is 14.1. The molecule has 1 fully saturated rings. The lowest BCUT2D eigenvalue weighted by molar-refractivity contribution is 0.313. The van der Waals surface area contributed by atoms with Crippen molar-refractivity contribution in [2.45, 2.75) is 0 Å². The highest BCUT2D eigenvalue weighted by molar-refractivity contribution is 5.79. The van der Waals surface area contributed by atoms with Crippen molar-refractivity contribution in [1.29, 1.82) is 0 Å². The number of likely N-dealkylation sites (N-methyl/N-ethyl adjacent to an activating group) is 1. The minimum atomic E-state index is -0.298. The van der Waals surface area contributed by atoms with Gasteiger partial charge in [-0.3, -0.25) is 0 Å². The Kier molecular flexibility index (Phi) is 4.19.